The lowest BCUT2D eigenvalue weighted by atomic mass is 10.1. The molecule has 0 aromatic heterocycles. The molecule has 2 aromatic rings. The Morgan fingerprint density at radius 1 is 1.05 bits per heavy atom. The first-order valence-electron chi connectivity index (χ1n) is 13.8. The van der Waals surface area contributed by atoms with E-state index in [0.717, 1.165) is 24.1 Å². The van der Waals surface area contributed by atoms with E-state index in [0.29, 0.717) is 36.6 Å². The third kappa shape index (κ3) is 8.95. The molecule has 1 saturated heterocycles. The molecule has 1 aliphatic heterocycles. The first-order valence-corrected chi connectivity index (χ1v) is 15.3. The lowest BCUT2D eigenvalue weighted by Crippen LogP contribution is -2.55. The molecule has 12 heteroatoms. The Morgan fingerprint density at radius 3 is 2.29 bits per heavy atom. The van der Waals surface area contributed by atoms with Crippen LogP contribution in [-0.4, -0.2) is 75.1 Å². The van der Waals surface area contributed by atoms with Crippen LogP contribution in [0.4, 0.5) is 5.69 Å². The first-order chi connectivity index (χ1) is 20.1. The summed E-state index contributed by atoms with van der Waals surface area (Å²) in [5.74, 6) is 4.62. The summed E-state index contributed by atoms with van der Waals surface area (Å²) in [4.78, 5) is 26.1. The molecule has 0 spiro atoms. The number of anilines is 1. The molecule has 3 N–H and O–H groups in total. The fourth-order valence-corrected chi connectivity index (χ4v) is 5.73. The number of nitrogens with one attached hydrogen (secondary N) is 2. The number of carbonyl (C=O) groups is 2. The first kappa shape index (κ1) is 32.4. The number of carboxylic acids is 1. The van der Waals surface area contributed by atoms with Gasteiger partial charge in [0.1, 0.15) is 18.3 Å². The molecule has 1 heterocycles. The third-order valence-electron chi connectivity index (χ3n) is 6.68. The van der Waals surface area contributed by atoms with Crippen LogP contribution >= 0.6 is 0 Å². The second-order valence-corrected chi connectivity index (χ2v) is 11.8. The Morgan fingerprint density at radius 2 is 1.69 bits per heavy atom. The number of nitriles is 1. The highest BCUT2D eigenvalue weighted by Gasteiger charge is 2.33. The van der Waals surface area contributed by atoms with Crippen LogP contribution in [0.1, 0.15) is 55.1 Å². The highest BCUT2D eigenvalue weighted by Crippen LogP contribution is 2.22. The summed E-state index contributed by atoms with van der Waals surface area (Å²) in [6.07, 6.45) is 1.82. The van der Waals surface area contributed by atoms with Gasteiger partial charge < -0.3 is 20.1 Å². The molecular weight excluding hydrogens is 558 g/mol. The number of rotatable bonds is 12. The molecule has 0 radical (unpaired) electrons. The van der Waals surface area contributed by atoms with Gasteiger partial charge in [-0.2, -0.15) is 22.7 Å². The van der Waals surface area contributed by atoms with E-state index in [1.165, 1.54) is 4.31 Å². The maximum atomic E-state index is 12.7. The number of benzene rings is 2. The standard InChI is InChI=1S/C30H37N5O6S/c1-4-5-20-41-27-13-10-24(21-26(27)29(36)32-15-14-31)7-6-23-8-11-25(12-9-23)34-16-18-35(19-17-34)42(39,40)33-28(22(2)3)30(37)38/h8-13,21-22,28,33H,4-5,15-20H2,1-3H3,(H,32,36)(H,37,38)/t28-/m1/s1. The van der Waals surface area contributed by atoms with E-state index in [1.54, 1.807) is 32.0 Å². The lowest BCUT2D eigenvalue weighted by Gasteiger charge is -2.36. The van der Waals surface area contributed by atoms with E-state index in [1.807, 2.05) is 30.3 Å². The number of carboxylic acid groups (broad SMARTS) is 1. The van der Waals surface area contributed by atoms with Crippen molar-refractivity contribution in [3.05, 3.63) is 59.2 Å². The second-order valence-electron chi connectivity index (χ2n) is 10.1. The van der Waals surface area contributed by atoms with Gasteiger partial charge in [-0.15, -0.1) is 0 Å². The molecular formula is C30H37N5O6S. The normalized spacial score (nSPS) is 14.4. The summed E-state index contributed by atoms with van der Waals surface area (Å²) < 4.78 is 34.8. The molecule has 224 valence electrons. The van der Waals surface area contributed by atoms with Gasteiger partial charge in [-0.05, 0) is 54.8 Å². The maximum absolute atomic E-state index is 12.7. The van der Waals surface area contributed by atoms with E-state index < -0.39 is 28.1 Å². The molecule has 0 aliphatic carbocycles. The Balaban J connectivity index is 1.65. The van der Waals surface area contributed by atoms with Crippen LogP contribution in [0, 0.1) is 29.1 Å². The molecule has 11 nitrogen and oxygen atoms in total. The van der Waals surface area contributed by atoms with Crippen molar-refractivity contribution in [1.29, 1.82) is 5.26 Å². The summed E-state index contributed by atoms with van der Waals surface area (Å²) >= 11 is 0. The number of hydrogen-bond donors (Lipinski definition) is 3. The summed E-state index contributed by atoms with van der Waals surface area (Å²) in [6.45, 7) is 7.09. The minimum absolute atomic E-state index is 0.111. The molecule has 1 fully saturated rings. The van der Waals surface area contributed by atoms with Gasteiger partial charge in [-0.1, -0.05) is 39.0 Å². The predicted octanol–water partition coefficient (Wildman–Crippen LogP) is 2.58. The summed E-state index contributed by atoms with van der Waals surface area (Å²) in [6, 6.07) is 13.4. The smallest absolute Gasteiger partial charge is 0.322 e. The molecule has 3 rings (SSSR count). The van der Waals surface area contributed by atoms with Crippen LogP contribution in [0.2, 0.25) is 0 Å². The monoisotopic (exact) mass is 595 g/mol. The largest absolute Gasteiger partial charge is 0.493 e. The van der Waals surface area contributed by atoms with E-state index >= 15 is 0 Å². The van der Waals surface area contributed by atoms with Gasteiger partial charge >= 0.3 is 5.97 Å². The van der Waals surface area contributed by atoms with Crippen LogP contribution < -0.4 is 19.7 Å². The van der Waals surface area contributed by atoms with Crippen LogP contribution in [0.5, 0.6) is 5.75 Å². The van der Waals surface area contributed by atoms with E-state index in [4.69, 9.17) is 10.00 Å². The molecule has 0 saturated carbocycles. The number of piperazine rings is 1. The fraction of sp³-hybridized carbons (Fsp3) is 0.433. The third-order valence-corrected chi connectivity index (χ3v) is 8.28. The SMILES string of the molecule is CCCCOc1ccc(C#Cc2ccc(N3CCN(S(=O)(=O)N[C@@H](C(=O)O)C(C)C)CC3)cc2)cc1C(=O)NCC#N. The predicted molar refractivity (Wildman–Crippen MR) is 159 cm³/mol. The zero-order valence-electron chi connectivity index (χ0n) is 24.1. The van der Waals surface area contributed by atoms with Crippen LogP contribution in [-0.2, 0) is 15.0 Å². The maximum Gasteiger partial charge on any atom is 0.322 e. The Labute approximate surface area is 247 Å². The Kier molecular flexibility index (Phi) is 11.7. The van der Waals surface area contributed by atoms with Crippen molar-refractivity contribution >= 4 is 27.8 Å². The van der Waals surface area contributed by atoms with Gasteiger partial charge in [0.05, 0.1) is 18.2 Å². The average molecular weight is 596 g/mol. The topological polar surface area (TPSA) is 152 Å². The van der Waals surface area contributed by atoms with Crippen molar-refractivity contribution in [2.75, 3.05) is 44.2 Å². The second kappa shape index (κ2) is 15.2. The molecule has 1 atom stereocenters. The molecule has 42 heavy (non-hydrogen) atoms. The van der Waals surface area contributed by atoms with Gasteiger partial charge in [0.2, 0.25) is 0 Å². The van der Waals surface area contributed by atoms with Crippen molar-refractivity contribution in [1.82, 2.24) is 14.3 Å². The Hall–Kier alpha value is -4.10. The number of carbonyl (C=O) groups excluding carboxylic acids is 1. The number of aliphatic carboxylic acids is 1. The van der Waals surface area contributed by atoms with Crippen LogP contribution in [0.15, 0.2) is 42.5 Å². The van der Waals surface area contributed by atoms with Gasteiger partial charge in [0, 0.05) is 43.0 Å². The highest BCUT2D eigenvalue weighted by molar-refractivity contribution is 7.87. The molecule has 1 aliphatic rings. The zero-order chi connectivity index (χ0) is 30.7. The van der Waals surface area contributed by atoms with Crippen LogP contribution in [0.3, 0.4) is 0 Å². The quantitative estimate of drug-likeness (QED) is 0.192. The highest BCUT2D eigenvalue weighted by atomic mass is 32.2. The minimum atomic E-state index is -3.93. The zero-order valence-corrected chi connectivity index (χ0v) is 24.9. The number of ether oxygens (including phenoxy) is 1. The molecule has 1 amide bonds. The van der Waals surface area contributed by atoms with Crippen LogP contribution in [0.25, 0.3) is 0 Å². The number of nitrogens with zero attached hydrogens (tertiary/aromatic N) is 3. The average Bonchev–Trinajstić information content (AvgIpc) is 2.98. The minimum Gasteiger partial charge on any atom is -0.493 e. The van der Waals surface area contributed by atoms with Gasteiger partial charge in [0.25, 0.3) is 16.1 Å². The van der Waals surface area contributed by atoms with E-state index in [9.17, 15) is 23.1 Å². The summed E-state index contributed by atoms with van der Waals surface area (Å²) in [5.41, 5.74) is 2.62. The summed E-state index contributed by atoms with van der Waals surface area (Å²) in [7, 11) is -3.93. The van der Waals surface area contributed by atoms with Crippen molar-refractivity contribution < 1.29 is 27.9 Å². The van der Waals surface area contributed by atoms with Crippen molar-refractivity contribution in [3.63, 3.8) is 0 Å². The molecule has 0 bridgehead atoms. The number of amides is 1. The van der Waals surface area contributed by atoms with E-state index in [2.05, 4.69) is 33.7 Å². The fourth-order valence-electron chi connectivity index (χ4n) is 4.25. The van der Waals surface area contributed by atoms with Crippen molar-refractivity contribution in [3.8, 4) is 23.7 Å². The van der Waals surface area contributed by atoms with Crippen molar-refractivity contribution in [2.45, 2.75) is 39.7 Å². The van der Waals surface area contributed by atoms with Crippen molar-refractivity contribution in [2.24, 2.45) is 5.92 Å². The molecule has 2 aromatic carbocycles. The number of hydrogen-bond acceptors (Lipinski definition) is 7. The lowest BCUT2D eigenvalue weighted by molar-refractivity contribution is -0.140. The summed E-state index contributed by atoms with van der Waals surface area (Å²) in [5, 5.41) is 20.7. The molecule has 0 unspecified atom stereocenters. The van der Waals surface area contributed by atoms with Gasteiger partial charge in [-0.25, -0.2) is 0 Å². The van der Waals surface area contributed by atoms with E-state index in [-0.39, 0.29) is 25.6 Å². The van der Waals surface area contributed by atoms with Gasteiger partial charge in [-0.3, -0.25) is 9.59 Å². The van der Waals surface area contributed by atoms with Gasteiger partial charge in [0.15, 0.2) is 0 Å². The Bertz CT molecular complexity index is 1450. The number of unbranched alkanes of at least 4 members (excludes halogenated alkanes) is 1.